The van der Waals surface area contributed by atoms with Crippen LogP contribution in [-0.4, -0.2) is 38.1 Å². The van der Waals surface area contributed by atoms with Crippen LogP contribution in [0.25, 0.3) is 0 Å². The van der Waals surface area contributed by atoms with Crippen molar-refractivity contribution < 1.29 is 28.7 Å². The van der Waals surface area contributed by atoms with E-state index < -0.39 is 29.9 Å². The molecular formula is C26H21ClN2O6. The molecule has 9 heteroatoms. The quantitative estimate of drug-likeness (QED) is 0.390. The molecule has 0 bridgehead atoms. The second-order valence-electron chi connectivity index (χ2n) is 8.12. The van der Waals surface area contributed by atoms with Crippen molar-refractivity contribution >= 4 is 40.8 Å². The van der Waals surface area contributed by atoms with Crippen molar-refractivity contribution in [2.45, 2.75) is 12.1 Å². The molecule has 0 spiro atoms. The van der Waals surface area contributed by atoms with Gasteiger partial charge in [-0.2, -0.15) is 0 Å². The maximum absolute atomic E-state index is 13.7. The highest BCUT2D eigenvalue weighted by atomic mass is 35.5. The van der Waals surface area contributed by atoms with Crippen molar-refractivity contribution in [3.8, 4) is 5.75 Å². The third-order valence-electron chi connectivity index (χ3n) is 6.20. The first-order valence-corrected chi connectivity index (χ1v) is 11.2. The number of nitrogens with zero attached hydrogens (tertiary/aromatic N) is 2. The second kappa shape index (κ2) is 9.05. The van der Waals surface area contributed by atoms with Crippen LogP contribution in [0.2, 0.25) is 5.02 Å². The summed E-state index contributed by atoms with van der Waals surface area (Å²) in [6, 6.07) is 19.8. The summed E-state index contributed by atoms with van der Waals surface area (Å²) < 4.78 is 9.99. The summed E-state index contributed by atoms with van der Waals surface area (Å²) in [5.41, 5.74) is 2.13. The first-order chi connectivity index (χ1) is 16.9. The van der Waals surface area contributed by atoms with Crippen LogP contribution in [0.5, 0.6) is 5.75 Å². The number of amides is 2. The number of hydroxylamine groups is 1. The molecule has 35 heavy (non-hydrogen) atoms. The molecule has 0 saturated carbocycles. The van der Waals surface area contributed by atoms with Crippen LogP contribution < -0.4 is 14.7 Å². The summed E-state index contributed by atoms with van der Waals surface area (Å²) in [7, 11) is 2.86. The number of benzene rings is 3. The van der Waals surface area contributed by atoms with Crippen molar-refractivity contribution in [3.05, 3.63) is 88.9 Å². The van der Waals surface area contributed by atoms with E-state index in [-0.39, 0.29) is 5.91 Å². The van der Waals surface area contributed by atoms with E-state index in [1.54, 1.807) is 60.7 Å². The number of carbonyl (C=O) groups excluding carboxylic acids is 3. The lowest BCUT2D eigenvalue weighted by molar-refractivity contribution is -0.126. The predicted molar refractivity (Wildman–Crippen MR) is 128 cm³/mol. The minimum absolute atomic E-state index is 0.316. The number of rotatable bonds is 5. The van der Waals surface area contributed by atoms with Crippen LogP contribution in [0.3, 0.4) is 0 Å². The Labute approximate surface area is 206 Å². The number of methoxy groups -OCH3 is 2. The zero-order valence-corrected chi connectivity index (χ0v) is 19.6. The van der Waals surface area contributed by atoms with Crippen LogP contribution in [0, 0.1) is 5.92 Å². The third kappa shape index (κ3) is 3.90. The van der Waals surface area contributed by atoms with Gasteiger partial charge in [-0.25, -0.2) is 14.8 Å². The van der Waals surface area contributed by atoms with E-state index in [9.17, 15) is 14.4 Å². The molecular weight excluding hydrogens is 472 g/mol. The minimum Gasteiger partial charge on any atom is -0.497 e. The molecule has 0 aliphatic carbocycles. The average Bonchev–Trinajstić information content (AvgIpc) is 3.40. The summed E-state index contributed by atoms with van der Waals surface area (Å²) in [4.78, 5) is 46.1. The number of ether oxygens (including phenoxy) is 2. The highest BCUT2D eigenvalue weighted by molar-refractivity contribution is 6.30. The fourth-order valence-electron chi connectivity index (χ4n) is 4.49. The monoisotopic (exact) mass is 492 g/mol. The smallest absolute Gasteiger partial charge is 0.337 e. The summed E-state index contributed by atoms with van der Waals surface area (Å²) in [6.07, 6.45) is -1.01. The van der Waals surface area contributed by atoms with E-state index in [1.807, 2.05) is 12.1 Å². The fraction of sp³-hybridized carbons (Fsp3) is 0.192. The normalized spacial score (nSPS) is 21.3. The summed E-state index contributed by atoms with van der Waals surface area (Å²) in [6.45, 7) is 0. The summed E-state index contributed by atoms with van der Waals surface area (Å²) in [5, 5.41) is 2.16. The number of esters is 1. The molecule has 2 aliphatic heterocycles. The standard InChI is InChI=1S/C26H21ClN2O6/c1-33-20-13-5-15(6-14-20)22-21-23(35-29(22)19-11-7-17(27)8-12-19)25(31)28(24(21)30)18-9-3-16(4-10-18)26(32)34-2/h3-14,21-23H,1-2H3/t21-,22+,23+/m1/s1. The molecule has 2 heterocycles. The Morgan fingerprint density at radius 3 is 2.09 bits per heavy atom. The van der Waals surface area contributed by atoms with Crippen molar-refractivity contribution in [2.75, 3.05) is 24.2 Å². The fourth-order valence-corrected chi connectivity index (χ4v) is 4.61. The lowest BCUT2D eigenvalue weighted by atomic mass is 9.90. The molecule has 0 aromatic heterocycles. The number of imide groups is 1. The van der Waals surface area contributed by atoms with Crippen molar-refractivity contribution in [2.24, 2.45) is 5.92 Å². The van der Waals surface area contributed by atoms with Crippen LogP contribution in [0.4, 0.5) is 11.4 Å². The maximum Gasteiger partial charge on any atom is 0.337 e. The molecule has 8 nitrogen and oxygen atoms in total. The van der Waals surface area contributed by atoms with Gasteiger partial charge in [0.05, 0.1) is 37.2 Å². The molecule has 2 fully saturated rings. The Hall–Kier alpha value is -3.88. The van der Waals surface area contributed by atoms with E-state index in [4.69, 9.17) is 25.9 Å². The SMILES string of the molecule is COC(=O)c1ccc(N2C(=O)[C@H]3[C@H](ON(c4ccc(Cl)cc4)[C@H]3c3ccc(OC)cc3)C2=O)cc1. The maximum atomic E-state index is 13.7. The van der Waals surface area contributed by atoms with Gasteiger partial charge in [0.1, 0.15) is 11.7 Å². The largest absolute Gasteiger partial charge is 0.497 e. The Morgan fingerprint density at radius 2 is 1.49 bits per heavy atom. The molecule has 178 valence electrons. The molecule has 0 radical (unpaired) electrons. The van der Waals surface area contributed by atoms with Gasteiger partial charge in [-0.05, 0) is 66.2 Å². The van der Waals surface area contributed by atoms with E-state index in [1.165, 1.54) is 19.2 Å². The van der Waals surface area contributed by atoms with E-state index >= 15 is 0 Å². The Bertz CT molecular complexity index is 1280. The third-order valence-corrected chi connectivity index (χ3v) is 6.45. The van der Waals surface area contributed by atoms with Gasteiger partial charge >= 0.3 is 5.97 Å². The van der Waals surface area contributed by atoms with Gasteiger partial charge in [0, 0.05) is 5.02 Å². The molecule has 3 aromatic rings. The Morgan fingerprint density at radius 1 is 0.857 bits per heavy atom. The number of halogens is 1. The van der Waals surface area contributed by atoms with Crippen molar-refractivity contribution in [3.63, 3.8) is 0 Å². The second-order valence-corrected chi connectivity index (χ2v) is 8.56. The average molecular weight is 493 g/mol. The van der Waals surface area contributed by atoms with E-state index in [0.717, 1.165) is 10.5 Å². The number of carbonyl (C=O) groups is 3. The topological polar surface area (TPSA) is 85.4 Å². The highest BCUT2D eigenvalue weighted by Crippen LogP contribution is 2.47. The van der Waals surface area contributed by atoms with Gasteiger partial charge in [0.15, 0.2) is 6.10 Å². The Balaban J connectivity index is 1.52. The van der Waals surface area contributed by atoms with E-state index in [0.29, 0.717) is 27.7 Å². The van der Waals surface area contributed by atoms with Crippen LogP contribution in [0.15, 0.2) is 72.8 Å². The molecule has 3 aromatic carbocycles. The van der Waals surface area contributed by atoms with Gasteiger partial charge in [-0.3, -0.25) is 14.4 Å². The van der Waals surface area contributed by atoms with E-state index in [2.05, 4.69) is 0 Å². The van der Waals surface area contributed by atoms with Crippen molar-refractivity contribution in [1.82, 2.24) is 0 Å². The molecule has 2 amide bonds. The lowest BCUT2D eigenvalue weighted by Crippen LogP contribution is -2.37. The van der Waals surface area contributed by atoms with Crippen LogP contribution in [-0.2, 0) is 19.2 Å². The first kappa shape index (κ1) is 22.9. The molecule has 2 saturated heterocycles. The predicted octanol–water partition coefficient (Wildman–Crippen LogP) is 4.19. The van der Waals surface area contributed by atoms with Gasteiger partial charge in [-0.1, -0.05) is 23.7 Å². The molecule has 2 aliphatic rings. The summed E-state index contributed by atoms with van der Waals surface area (Å²) in [5.74, 6) is -1.48. The lowest BCUT2D eigenvalue weighted by Gasteiger charge is -2.29. The van der Waals surface area contributed by atoms with Gasteiger partial charge in [0.2, 0.25) is 5.91 Å². The molecule has 0 N–H and O–H groups in total. The van der Waals surface area contributed by atoms with Gasteiger partial charge in [-0.15, -0.1) is 0 Å². The minimum atomic E-state index is -1.01. The number of hydrogen-bond donors (Lipinski definition) is 0. The summed E-state index contributed by atoms with van der Waals surface area (Å²) >= 11 is 6.06. The Kier molecular flexibility index (Phi) is 5.92. The zero-order valence-electron chi connectivity index (χ0n) is 18.9. The highest BCUT2D eigenvalue weighted by Gasteiger charge is 2.60. The number of fused-ring (bicyclic) bond motifs is 1. The first-order valence-electron chi connectivity index (χ1n) is 10.8. The van der Waals surface area contributed by atoms with Crippen LogP contribution >= 0.6 is 11.6 Å². The zero-order chi connectivity index (χ0) is 24.7. The molecule has 3 atom stereocenters. The van der Waals surface area contributed by atoms with Crippen molar-refractivity contribution in [1.29, 1.82) is 0 Å². The van der Waals surface area contributed by atoms with Crippen LogP contribution in [0.1, 0.15) is 22.0 Å². The van der Waals surface area contributed by atoms with Gasteiger partial charge < -0.3 is 9.47 Å². The number of anilines is 2. The molecule has 5 rings (SSSR count). The number of hydrogen-bond acceptors (Lipinski definition) is 7. The molecule has 0 unspecified atom stereocenters. The van der Waals surface area contributed by atoms with Gasteiger partial charge in [0.25, 0.3) is 5.91 Å².